The van der Waals surface area contributed by atoms with Crippen LogP contribution in [-0.2, 0) is 0 Å². The number of nitrogens with one attached hydrogen (secondary N) is 1. The summed E-state index contributed by atoms with van der Waals surface area (Å²) in [6, 6.07) is 18.4. The molecule has 0 bridgehead atoms. The third-order valence-electron chi connectivity index (χ3n) is 4.35. The molecule has 0 aliphatic rings. The van der Waals surface area contributed by atoms with Crippen LogP contribution in [0.4, 0.5) is 4.39 Å². The zero-order chi connectivity index (χ0) is 14.0. The van der Waals surface area contributed by atoms with Crippen molar-refractivity contribution in [1.29, 1.82) is 0 Å². The topological polar surface area (TPSA) is 14.1 Å². The second-order valence-corrected chi connectivity index (χ2v) is 5.48. The van der Waals surface area contributed by atoms with E-state index in [9.17, 15) is 4.39 Å². The van der Waals surface area contributed by atoms with Crippen LogP contribution in [0.2, 0.25) is 0 Å². The first-order valence-electron chi connectivity index (χ1n) is 6.99. The molecule has 0 aliphatic carbocycles. The Balaban J connectivity index is 2.29. The van der Waals surface area contributed by atoms with Gasteiger partial charge in [-0.25, -0.2) is 9.37 Å². The highest BCUT2D eigenvalue weighted by Gasteiger charge is 2.16. The predicted octanol–water partition coefficient (Wildman–Crippen LogP) is 4.69. The number of hydrogen-bond donors (Lipinski definition) is 0. The van der Waals surface area contributed by atoms with Gasteiger partial charge in [-0.05, 0) is 33.7 Å². The molecule has 1 N–H and O–H groups in total. The zero-order valence-electron chi connectivity index (χ0n) is 11.2. The van der Waals surface area contributed by atoms with Crippen LogP contribution < -0.4 is 4.98 Å². The lowest BCUT2D eigenvalue weighted by Crippen LogP contribution is -2.05. The molecular weight excluding hydrogens is 261 g/mol. The molecule has 0 saturated heterocycles. The van der Waals surface area contributed by atoms with Crippen LogP contribution in [0.15, 0.2) is 60.8 Å². The Hall–Kier alpha value is -2.74. The number of halogens is 1. The number of benzene rings is 4. The lowest BCUT2D eigenvalue weighted by molar-refractivity contribution is -0.346. The van der Waals surface area contributed by atoms with Crippen molar-refractivity contribution in [2.24, 2.45) is 0 Å². The molecule has 0 saturated carbocycles. The van der Waals surface area contributed by atoms with Gasteiger partial charge in [0.1, 0.15) is 0 Å². The maximum Gasteiger partial charge on any atom is 0.219 e. The molecule has 0 fully saturated rings. The third kappa shape index (κ3) is 1.32. The van der Waals surface area contributed by atoms with Crippen molar-refractivity contribution >= 4 is 43.2 Å². The van der Waals surface area contributed by atoms with Crippen molar-refractivity contribution in [2.75, 3.05) is 0 Å². The summed E-state index contributed by atoms with van der Waals surface area (Å²) in [5, 5.41) is 8.07. The number of H-pyrrole nitrogens is 1. The van der Waals surface area contributed by atoms with Crippen molar-refractivity contribution in [3.8, 4) is 0 Å². The predicted molar refractivity (Wildman–Crippen MR) is 84.2 cm³/mol. The maximum absolute atomic E-state index is 13.7. The quantitative estimate of drug-likeness (QED) is 0.287. The van der Waals surface area contributed by atoms with Crippen LogP contribution in [0.25, 0.3) is 43.2 Å². The number of hydrogen-bond acceptors (Lipinski definition) is 0. The zero-order valence-corrected chi connectivity index (χ0v) is 11.2. The fraction of sp³-hybridized carbons (Fsp3) is 0. The Labute approximate surface area is 120 Å². The molecule has 98 valence electrons. The van der Waals surface area contributed by atoms with E-state index in [-0.39, 0.29) is 5.82 Å². The van der Waals surface area contributed by atoms with Gasteiger partial charge >= 0.3 is 0 Å². The second kappa shape index (κ2) is 3.67. The van der Waals surface area contributed by atoms with Crippen molar-refractivity contribution in [2.45, 2.75) is 0 Å². The van der Waals surface area contributed by atoms with Gasteiger partial charge in [0.05, 0.1) is 10.8 Å². The van der Waals surface area contributed by atoms with Gasteiger partial charge < -0.3 is 0 Å². The summed E-state index contributed by atoms with van der Waals surface area (Å²) >= 11 is 0. The third-order valence-corrected chi connectivity index (χ3v) is 4.35. The molecule has 0 spiro atoms. The Bertz CT molecular complexity index is 1140. The lowest BCUT2D eigenvalue weighted by atomic mass is 9.91. The number of aromatic nitrogens is 1. The molecule has 5 aromatic rings. The first kappa shape index (κ1) is 11.0. The van der Waals surface area contributed by atoms with E-state index in [1.165, 1.54) is 27.7 Å². The molecule has 0 radical (unpaired) electrons. The van der Waals surface area contributed by atoms with Crippen LogP contribution in [-0.4, -0.2) is 0 Å². The van der Waals surface area contributed by atoms with E-state index in [1.54, 1.807) is 6.07 Å². The number of pyridine rings is 1. The van der Waals surface area contributed by atoms with Crippen molar-refractivity contribution in [1.82, 2.24) is 0 Å². The van der Waals surface area contributed by atoms with Gasteiger partial charge in [-0.1, -0.05) is 42.5 Å². The fourth-order valence-corrected chi connectivity index (χ4v) is 3.49. The van der Waals surface area contributed by atoms with E-state index < -0.39 is 0 Å². The van der Waals surface area contributed by atoms with Gasteiger partial charge in [0.2, 0.25) is 11.7 Å². The summed E-state index contributed by atoms with van der Waals surface area (Å²) in [5.74, 6) is -0.239. The summed E-state index contributed by atoms with van der Waals surface area (Å²) in [6.07, 6.45) is 1.42. The van der Waals surface area contributed by atoms with Gasteiger partial charge in [0.25, 0.3) is 0 Å². The van der Waals surface area contributed by atoms with Crippen molar-refractivity contribution in [3.63, 3.8) is 0 Å². The molecule has 5 rings (SSSR count). The van der Waals surface area contributed by atoms with E-state index in [2.05, 4.69) is 47.4 Å². The minimum absolute atomic E-state index is 0.239. The van der Waals surface area contributed by atoms with Gasteiger partial charge in [0.15, 0.2) is 5.82 Å². The smallest absolute Gasteiger partial charge is 0.208 e. The second-order valence-electron chi connectivity index (χ2n) is 5.48. The Morgan fingerprint density at radius 3 is 2.14 bits per heavy atom. The fourth-order valence-electron chi connectivity index (χ4n) is 3.49. The molecule has 0 amide bonds. The Morgan fingerprint density at radius 1 is 0.714 bits per heavy atom. The van der Waals surface area contributed by atoms with Gasteiger partial charge in [-0.2, -0.15) is 0 Å². The molecule has 1 aromatic heterocycles. The lowest BCUT2D eigenvalue weighted by Gasteiger charge is -2.11. The minimum atomic E-state index is -0.239. The highest BCUT2D eigenvalue weighted by molar-refractivity contribution is 6.32. The van der Waals surface area contributed by atoms with E-state index in [4.69, 9.17) is 0 Å². The standard InChI is InChI=1S/C19H10FN/c20-13-9-16-14-5-1-3-11-7-8-12-4-2-6-15(18(12)17(11)14)19(16)21-10-13/h1-10H/p+1. The Kier molecular flexibility index (Phi) is 1.92. The molecule has 21 heavy (non-hydrogen) atoms. The Morgan fingerprint density at radius 2 is 1.38 bits per heavy atom. The summed E-state index contributed by atoms with van der Waals surface area (Å²) in [5.41, 5.74) is 0.994. The highest BCUT2D eigenvalue weighted by atomic mass is 19.1. The van der Waals surface area contributed by atoms with E-state index in [0.29, 0.717) is 0 Å². The molecular formula is C19H11FN+. The van der Waals surface area contributed by atoms with Crippen molar-refractivity contribution < 1.29 is 9.37 Å². The molecule has 4 aromatic carbocycles. The minimum Gasteiger partial charge on any atom is -0.208 e. The van der Waals surface area contributed by atoms with Crippen LogP contribution >= 0.6 is 0 Å². The van der Waals surface area contributed by atoms with Crippen molar-refractivity contribution in [3.05, 3.63) is 66.6 Å². The number of aromatic amines is 1. The summed E-state index contributed by atoms with van der Waals surface area (Å²) in [4.78, 5) is 3.13. The average molecular weight is 272 g/mol. The maximum atomic E-state index is 13.7. The largest absolute Gasteiger partial charge is 0.219 e. The van der Waals surface area contributed by atoms with Gasteiger partial charge in [0, 0.05) is 5.39 Å². The summed E-state index contributed by atoms with van der Waals surface area (Å²) in [7, 11) is 0. The molecule has 1 nitrogen and oxygen atoms in total. The van der Waals surface area contributed by atoms with Crippen LogP contribution in [0, 0.1) is 5.82 Å². The molecule has 0 unspecified atom stereocenters. The number of rotatable bonds is 0. The van der Waals surface area contributed by atoms with E-state index in [0.717, 1.165) is 21.7 Å². The first-order valence-corrected chi connectivity index (χ1v) is 6.99. The molecule has 1 heterocycles. The molecule has 0 aliphatic heterocycles. The van der Waals surface area contributed by atoms with E-state index >= 15 is 0 Å². The molecule has 2 heteroatoms. The van der Waals surface area contributed by atoms with Gasteiger partial charge in [-0.15, -0.1) is 0 Å². The SMILES string of the molecule is Fc1c[nH+]c2c(c1)c1cccc3ccc4cccc2c4c31. The average Bonchev–Trinajstić information content (AvgIpc) is 2.53. The number of fused-ring (bicyclic) bond motifs is 3. The van der Waals surface area contributed by atoms with E-state index in [1.807, 2.05) is 6.07 Å². The summed E-state index contributed by atoms with van der Waals surface area (Å²) in [6.45, 7) is 0. The van der Waals surface area contributed by atoms with Gasteiger partial charge in [-0.3, -0.25) is 0 Å². The monoisotopic (exact) mass is 272 g/mol. The van der Waals surface area contributed by atoms with Crippen LogP contribution in [0.1, 0.15) is 0 Å². The first-order chi connectivity index (χ1) is 10.3. The normalized spacial score (nSPS) is 12.0. The molecule has 0 atom stereocenters. The van der Waals surface area contributed by atoms with Crippen LogP contribution in [0.3, 0.4) is 0 Å². The van der Waals surface area contributed by atoms with Crippen LogP contribution in [0.5, 0.6) is 0 Å². The summed E-state index contributed by atoms with van der Waals surface area (Å²) < 4.78 is 13.7. The highest BCUT2D eigenvalue weighted by Crippen LogP contribution is 2.38.